The van der Waals surface area contributed by atoms with E-state index in [9.17, 15) is 5.11 Å². The van der Waals surface area contributed by atoms with Gasteiger partial charge in [0.05, 0.1) is 6.61 Å². The maximum absolute atomic E-state index is 9.21. The molecule has 1 aliphatic rings. The molecule has 2 rings (SSSR count). The summed E-state index contributed by atoms with van der Waals surface area (Å²) in [7, 11) is 2.08. The number of nitrogens with one attached hydrogen (secondary N) is 1. The van der Waals surface area contributed by atoms with Crippen LogP contribution in [0.2, 0.25) is 0 Å². The average Bonchev–Trinajstić information content (AvgIpc) is 2.57. The second-order valence-corrected chi connectivity index (χ2v) is 6.95. The van der Waals surface area contributed by atoms with Crippen molar-refractivity contribution in [2.75, 3.05) is 32.1 Å². The van der Waals surface area contributed by atoms with E-state index in [1.807, 2.05) is 0 Å². The Bertz CT molecular complexity index is 592. The van der Waals surface area contributed by atoms with Crippen molar-refractivity contribution in [3.05, 3.63) is 53.1 Å². The summed E-state index contributed by atoms with van der Waals surface area (Å²) in [6, 6.07) is 6.90. The zero-order valence-corrected chi connectivity index (χ0v) is 15.5. The van der Waals surface area contributed by atoms with Gasteiger partial charge in [-0.25, -0.2) is 0 Å². The quantitative estimate of drug-likeness (QED) is 0.759. The van der Waals surface area contributed by atoms with Gasteiger partial charge in [0.1, 0.15) is 0 Å². The zero-order valence-electron chi connectivity index (χ0n) is 15.5. The molecule has 0 saturated heterocycles. The summed E-state index contributed by atoms with van der Waals surface area (Å²) in [5, 5.41) is 13.0. The van der Waals surface area contributed by atoms with Crippen LogP contribution in [-0.2, 0) is 0 Å². The largest absolute Gasteiger partial charge is 0.395 e. The van der Waals surface area contributed by atoms with Crippen LogP contribution >= 0.6 is 0 Å². The van der Waals surface area contributed by atoms with Crippen LogP contribution in [0.5, 0.6) is 0 Å². The number of allylic oxidation sites excluding steroid dienone is 3. The Kier molecular flexibility index (Phi) is 7.07. The third-order valence-electron chi connectivity index (χ3n) is 4.85. The Morgan fingerprint density at radius 3 is 2.71 bits per heavy atom. The van der Waals surface area contributed by atoms with Crippen molar-refractivity contribution in [1.29, 1.82) is 0 Å². The van der Waals surface area contributed by atoms with Crippen molar-refractivity contribution in [3.63, 3.8) is 0 Å². The van der Waals surface area contributed by atoms with Crippen LogP contribution in [0.25, 0.3) is 0 Å². The highest BCUT2D eigenvalue weighted by atomic mass is 16.3. The second kappa shape index (κ2) is 9.05. The predicted molar refractivity (Wildman–Crippen MR) is 104 cm³/mol. The lowest BCUT2D eigenvalue weighted by Crippen LogP contribution is -2.40. The normalized spacial score (nSPS) is 18.6. The van der Waals surface area contributed by atoms with E-state index in [2.05, 4.69) is 74.5 Å². The molecule has 1 aliphatic carbocycles. The molecular formula is C21H32N2O. The lowest BCUT2D eigenvalue weighted by Gasteiger charge is -2.32. The van der Waals surface area contributed by atoms with Crippen molar-refractivity contribution in [2.45, 2.75) is 39.7 Å². The van der Waals surface area contributed by atoms with Crippen LogP contribution in [0.15, 0.2) is 42.0 Å². The molecule has 1 aromatic rings. The third kappa shape index (κ3) is 5.22. The van der Waals surface area contributed by atoms with Gasteiger partial charge in [-0.1, -0.05) is 48.4 Å². The molecule has 0 bridgehead atoms. The van der Waals surface area contributed by atoms with Gasteiger partial charge in [-0.3, -0.25) is 0 Å². The number of nitrogens with zero attached hydrogens (tertiary/aromatic N) is 1. The Hall–Kier alpha value is -1.58. The van der Waals surface area contributed by atoms with Gasteiger partial charge in [-0.05, 0) is 45.4 Å². The molecule has 0 aromatic heterocycles. The summed E-state index contributed by atoms with van der Waals surface area (Å²) in [5.74, 6) is 0.474. The maximum Gasteiger partial charge on any atom is 0.0558 e. The van der Waals surface area contributed by atoms with Crippen molar-refractivity contribution in [2.24, 2.45) is 5.92 Å². The number of rotatable bonds is 8. The first-order valence-electron chi connectivity index (χ1n) is 9.04. The van der Waals surface area contributed by atoms with Gasteiger partial charge in [-0.15, -0.1) is 0 Å². The molecule has 1 unspecified atom stereocenters. The van der Waals surface area contributed by atoms with Crippen LogP contribution in [0.4, 0.5) is 5.69 Å². The Morgan fingerprint density at radius 2 is 2.12 bits per heavy atom. The predicted octanol–water partition coefficient (Wildman–Crippen LogP) is 3.92. The summed E-state index contributed by atoms with van der Waals surface area (Å²) in [5.41, 5.74) is 5.22. The van der Waals surface area contributed by atoms with E-state index in [4.69, 9.17) is 0 Å². The SMILES string of the molecule is CCC1=CCC([C@H](CN(C)CCO)Nc2ccc(C)cc2C)C=C1. The first kappa shape index (κ1) is 18.8. The summed E-state index contributed by atoms with van der Waals surface area (Å²) in [4.78, 5) is 2.20. The molecule has 3 heteroatoms. The number of aliphatic hydroxyl groups excluding tert-OH is 1. The van der Waals surface area contributed by atoms with Crippen molar-refractivity contribution in [1.82, 2.24) is 4.90 Å². The van der Waals surface area contributed by atoms with E-state index in [0.717, 1.165) is 19.4 Å². The molecule has 2 atom stereocenters. The fraction of sp³-hybridized carbons (Fsp3) is 0.524. The standard InChI is InChI=1S/C21H32N2O/c1-5-18-7-9-19(10-8-18)21(15-23(4)12-13-24)22-20-11-6-16(2)14-17(20)3/h6-9,11,14,19,21-22,24H,5,10,12-13,15H2,1-4H3/t19?,21-/m0/s1. The summed E-state index contributed by atoms with van der Waals surface area (Å²) in [6.45, 7) is 8.32. The molecule has 0 fully saturated rings. The van der Waals surface area contributed by atoms with E-state index < -0.39 is 0 Å². The summed E-state index contributed by atoms with van der Waals surface area (Å²) in [6.07, 6.45) is 9.18. The lowest BCUT2D eigenvalue weighted by atomic mass is 9.88. The highest BCUT2D eigenvalue weighted by Crippen LogP contribution is 2.26. The second-order valence-electron chi connectivity index (χ2n) is 6.95. The molecule has 0 spiro atoms. The van der Waals surface area contributed by atoms with Gasteiger partial charge in [0, 0.05) is 30.7 Å². The molecule has 24 heavy (non-hydrogen) atoms. The minimum atomic E-state index is 0.202. The van der Waals surface area contributed by atoms with Gasteiger partial charge in [0.2, 0.25) is 0 Å². The van der Waals surface area contributed by atoms with E-state index in [-0.39, 0.29) is 6.61 Å². The number of anilines is 1. The van der Waals surface area contributed by atoms with E-state index in [0.29, 0.717) is 18.5 Å². The van der Waals surface area contributed by atoms with Gasteiger partial charge in [0.15, 0.2) is 0 Å². The fourth-order valence-electron chi connectivity index (χ4n) is 3.30. The molecule has 0 aliphatic heterocycles. The van der Waals surface area contributed by atoms with Gasteiger partial charge in [0.25, 0.3) is 0 Å². The lowest BCUT2D eigenvalue weighted by molar-refractivity contribution is 0.211. The first-order valence-corrected chi connectivity index (χ1v) is 9.04. The number of hydrogen-bond donors (Lipinski definition) is 2. The highest BCUT2D eigenvalue weighted by molar-refractivity contribution is 5.53. The van der Waals surface area contributed by atoms with Gasteiger partial charge < -0.3 is 15.3 Å². The van der Waals surface area contributed by atoms with Crippen molar-refractivity contribution < 1.29 is 5.11 Å². The van der Waals surface area contributed by atoms with E-state index >= 15 is 0 Å². The average molecular weight is 329 g/mol. The molecule has 1 aromatic carbocycles. The molecule has 2 N–H and O–H groups in total. The van der Waals surface area contributed by atoms with E-state index in [1.165, 1.54) is 22.4 Å². The topological polar surface area (TPSA) is 35.5 Å². The van der Waals surface area contributed by atoms with Crippen LogP contribution in [0.3, 0.4) is 0 Å². The zero-order chi connectivity index (χ0) is 17.5. The molecular weight excluding hydrogens is 296 g/mol. The fourth-order valence-corrected chi connectivity index (χ4v) is 3.30. The smallest absolute Gasteiger partial charge is 0.0558 e. The summed E-state index contributed by atoms with van der Waals surface area (Å²) < 4.78 is 0. The Morgan fingerprint density at radius 1 is 1.33 bits per heavy atom. The first-order chi connectivity index (χ1) is 11.5. The summed E-state index contributed by atoms with van der Waals surface area (Å²) >= 11 is 0. The number of hydrogen-bond acceptors (Lipinski definition) is 3. The highest BCUT2D eigenvalue weighted by Gasteiger charge is 2.22. The van der Waals surface area contributed by atoms with Gasteiger partial charge >= 0.3 is 0 Å². The van der Waals surface area contributed by atoms with Crippen LogP contribution < -0.4 is 5.32 Å². The Balaban J connectivity index is 2.13. The van der Waals surface area contributed by atoms with E-state index in [1.54, 1.807) is 0 Å². The van der Waals surface area contributed by atoms with Crippen LogP contribution in [-0.4, -0.2) is 42.8 Å². The van der Waals surface area contributed by atoms with Crippen molar-refractivity contribution in [3.8, 4) is 0 Å². The molecule has 0 heterocycles. The van der Waals surface area contributed by atoms with Crippen molar-refractivity contribution >= 4 is 5.69 Å². The Labute approximate surface area is 147 Å². The van der Waals surface area contributed by atoms with Crippen LogP contribution in [0.1, 0.15) is 30.9 Å². The van der Waals surface area contributed by atoms with Gasteiger partial charge in [-0.2, -0.15) is 0 Å². The number of aliphatic hydroxyl groups is 1. The van der Waals surface area contributed by atoms with Crippen LogP contribution in [0, 0.1) is 19.8 Å². The molecule has 0 saturated carbocycles. The molecule has 0 radical (unpaired) electrons. The third-order valence-corrected chi connectivity index (χ3v) is 4.85. The molecule has 0 amide bonds. The number of likely N-dealkylation sites (N-methyl/N-ethyl adjacent to an activating group) is 1. The maximum atomic E-state index is 9.21. The number of aryl methyl sites for hydroxylation is 2. The molecule has 3 nitrogen and oxygen atoms in total. The number of benzene rings is 1. The minimum Gasteiger partial charge on any atom is -0.395 e. The minimum absolute atomic E-state index is 0.202. The monoisotopic (exact) mass is 328 g/mol. The molecule has 132 valence electrons.